The second-order valence-electron chi connectivity index (χ2n) is 8.79. The van der Waals surface area contributed by atoms with Gasteiger partial charge in [-0.05, 0) is 66.6 Å². The Bertz CT molecular complexity index is 1490. The lowest BCUT2D eigenvalue weighted by Gasteiger charge is -2.29. The summed E-state index contributed by atoms with van der Waals surface area (Å²) < 4.78 is 35.2. The van der Waals surface area contributed by atoms with Gasteiger partial charge in [-0.3, -0.25) is 4.79 Å². The molecule has 5 rings (SSSR count). The van der Waals surface area contributed by atoms with Gasteiger partial charge in [-0.15, -0.1) is 0 Å². The average molecular weight is 501 g/mol. The molecule has 4 aromatic rings. The summed E-state index contributed by atoms with van der Waals surface area (Å²) in [6.45, 7) is 2.16. The molecule has 1 N–H and O–H groups in total. The molecule has 1 aliphatic rings. The van der Waals surface area contributed by atoms with Crippen LogP contribution in [0.1, 0.15) is 30.5 Å². The molecule has 1 unspecified atom stereocenters. The molecule has 6 nitrogen and oxygen atoms in total. The van der Waals surface area contributed by atoms with Crippen LogP contribution in [0.25, 0.3) is 10.8 Å². The van der Waals surface area contributed by atoms with E-state index in [0.29, 0.717) is 29.9 Å². The predicted molar refractivity (Wildman–Crippen MR) is 142 cm³/mol. The molecular formula is C29H28N2O4S. The Hall–Kier alpha value is -3.68. The highest BCUT2D eigenvalue weighted by Crippen LogP contribution is 2.39. The maximum atomic E-state index is 14.2. The first-order valence-corrected chi connectivity index (χ1v) is 13.5. The fourth-order valence-electron chi connectivity index (χ4n) is 4.89. The molecule has 0 saturated carbocycles. The zero-order valence-corrected chi connectivity index (χ0v) is 20.9. The lowest BCUT2D eigenvalue weighted by Crippen LogP contribution is -2.40. The summed E-state index contributed by atoms with van der Waals surface area (Å²) in [5.74, 6) is 0.311. The summed E-state index contributed by atoms with van der Waals surface area (Å²) in [6, 6.07) is 27.2. The number of ether oxygens (including phenoxy) is 1. The third kappa shape index (κ3) is 4.72. The first-order valence-electron chi connectivity index (χ1n) is 12.1. The van der Waals surface area contributed by atoms with Crippen LogP contribution in [-0.4, -0.2) is 31.8 Å². The molecule has 1 atom stereocenters. The topological polar surface area (TPSA) is 75.7 Å². The summed E-state index contributed by atoms with van der Waals surface area (Å²) in [6.07, 6.45) is 1.39. The highest BCUT2D eigenvalue weighted by atomic mass is 32.2. The van der Waals surface area contributed by atoms with Crippen LogP contribution in [0, 0.1) is 0 Å². The van der Waals surface area contributed by atoms with Gasteiger partial charge in [-0.25, -0.2) is 8.42 Å². The molecule has 0 saturated heterocycles. The molecule has 1 amide bonds. The molecule has 0 heterocycles. The van der Waals surface area contributed by atoms with E-state index in [-0.39, 0.29) is 11.4 Å². The van der Waals surface area contributed by atoms with Gasteiger partial charge >= 0.3 is 0 Å². The molecule has 36 heavy (non-hydrogen) atoms. The molecule has 4 aromatic carbocycles. The fourth-order valence-corrected chi connectivity index (χ4v) is 6.69. The van der Waals surface area contributed by atoms with Crippen LogP contribution < -0.4 is 10.1 Å². The van der Waals surface area contributed by atoms with Crippen molar-refractivity contribution in [2.75, 3.05) is 18.5 Å². The minimum Gasteiger partial charge on any atom is -0.494 e. The van der Waals surface area contributed by atoms with Gasteiger partial charge < -0.3 is 10.1 Å². The first kappa shape index (κ1) is 24.0. The van der Waals surface area contributed by atoms with E-state index in [1.165, 1.54) is 4.31 Å². The number of carbonyl (C=O) groups excluding carboxylic acids is 1. The smallest absolute Gasteiger partial charge is 0.244 e. The summed E-state index contributed by atoms with van der Waals surface area (Å²) in [4.78, 5) is 13.4. The lowest BCUT2D eigenvalue weighted by atomic mass is 10.1. The van der Waals surface area contributed by atoms with Crippen LogP contribution in [0.3, 0.4) is 0 Å². The van der Waals surface area contributed by atoms with Crippen molar-refractivity contribution in [3.8, 4) is 5.75 Å². The maximum absolute atomic E-state index is 14.2. The SMILES string of the molecule is CCOc1ccc(NC(=O)CN(C2CCc3ccccc32)S(=O)(=O)c2cccc3ccccc23)cc1. The normalized spacial score (nSPS) is 15.1. The zero-order chi connectivity index (χ0) is 25.1. The third-order valence-electron chi connectivity index (χ3n) is 6.53. The fraction of sp³-hybridized carbons (Fsp3) is 0.207. The number of nitrogens with one attached hydrogen (secondary N) is 1. The van der Waals surface area contributed by atoms with Crippen LogP contribution in [0.2, 0.25) is 0 Å². The third-order valence-corrected chi connectivity index (χ3v) is 8.45. The van der Waals surface area contributed by atoms with Crippen LogP contribution >= 0.6 is 0 Å². The molecule has 1 aliphatic carbocycles. The number of amides is 1. The minimum absolute atomic E-state index is 0.207. The van der Waals surface area contributed by atoms with E-state index < -0.39 is 22.0 Å². The molecule has 0 fully saturated rings. The summed E-state index contributed by atoms with van der Waals surface area (Å²) >= 11 is 0. The van der Waals surface area contributed by atoms with Gasteiger partial charge in [-0.1, -0.05) is 60.7 Å². The van der Waals surface area contributed by atoms with Gasteiger partial charge in [0.1, 0.15) is 5.75 Å². The molecule has 184 valence electrons. The first-order chi connectivity index (χ1) is 17.5. The van der Waals surface area contributed by atoms with Gasteiger partial charge in [-0.2, -0.15) is 4.31 Å². The Labute approximate surface area is 211 Å². The molecule has 0 bridgehead atoms. The number of rotatable bonds is 8. The standard InChI is InChI=1S/C29H28N2O4S/c1-2-35-24-17-15-23(16-18-24)30-29(32)20-31(27-19-14-22-9-3-5-11-25(22)27)36(33,34)28-13-7-10-21-8-4-6-12-26(21)28/h3-13,15-18,27H,2,14,19-20H2,1H3,(H,30,32). The Morgan fingerprint density at radius 1 is 0.944 bits per heavy atom. The molecule has 7 heteroatoms. The summed E-state index contributed by atoms with van der Waals surface area (Å²) in [7, 11) is -4.00. The van der Waals surface area contributed by atoms with Crippen LogP contribution in [0.15, 0.2) is 95.9 Å². The Kier molecular flexibility index (Phi) is 6.76. The second-order valence-corrected chi connectivity index (χ2v) is 10.6. The van der Waals surface area contributed by atoms with Gasteiger partial charge in [0, 0.05) is 11.1 Å². The zero-order valence-electron chi connectivity index (χ0n) is 20.1. The number of aryl methyl sites for hydroxylation is 1. The van der Waals surface area contributed by atoms with Crippen molar-refractivity contribution >= 4 is 32.4 Å². The van der Waals surface area contributed by atoms with Crippen LogP contribution in [-0.2, 0) is 21.2 Å². The largest absolute Gasteiger partial charge is 0.494 e. The maximum Gasteiger partial charge on any atom is 0.244 e. The monoisotopic (exact) mass is 500 g/mol. The van der Waals surface area contributed by atoms with Crippen molar-refractivity contribution in [1.82, 2.24) is 4.31 Å². The van der Waals surface area contributed by atoms with Crippen molar-refractivity contribution in [3.05, 3.63) is 102 Å². The van der Waals surface area contributed by atoms with E-state index in [1.807, 2.05) is 61.5 Å². The van der Waals surface area contributed by atoms with Crippen molar-refractivity contribution < 1.29 is 17.9 Å². The number of anilines is 1. The molecule has 0 aliphatic heterocycles. The molecular weight excluding hydrogens is 472 g/mol. The van der Waals surface area contributed by atoms with E-state index >= 15 is 0 Å². The van der Waals surface area contributed by atoms with E-state index in [4.69, 9.17) is 4.74 Å². The number of nitrogens with zero attached hydrogens (tertiary/aromatic N) is 1. The number of sulfonamides is 1. The van der Waals surface area contributed by atoms with Gasteiger partial charge in [0.15, 0.2) is 0 Å². The highest BCUT2D eigenvalue weighted by Gasteiger charge is 2.38. The van der Waals surface area contributed by atoms with Crippen LogP contribution in [0.4, 0.5) is 5.69 Å². The predicted octanol–water partition coefficient (Wildman–Crippen LogP) is 5.56. The quantitative estimate of drug-likeness (QED) is 0.344. The lowest BCUT2D eigenvalue weighted by molar-refractivity contribution is -0.116. The van der Waals surface area contributed by atoms with Crippen LogP contribution in [0.5, 0.6) is 5.75 Å². The summed E-state index contributed by atoms with van der Waals surface area (Å²) in [5, 5.41) is 4.33. The van der Waals surface area contributed by atoms with Gasteiger partial charge in [0.25, 0.3) is 0 Å². The number of carbonyl (C=O) groups is 1. The van der Waals surface area contributed by atoms with Crippen molar-refractivity contribution in [3.63, 3.8) is 0 Å². The van der Waals surface area contributed by atoms with Crippen molar-refractivity contribution in [1.29, 1.82) is 0 Å². The minimum atomic E-state index is -4.00. The van der Waals surface area contributed by atoms with E-state index in [9.17, 15) is 13.2 Å². The van der Waals surface area contributed by atoms with E-state index in [0.717, 1.165) is 22.9 Å². The van der Waals surface area contributed by atoms with E-state index in [1.54, 1.807) is 36.4 Å². The Morgan fingerprint density at radius 3 is 2.47 bits per heavy atom. The van der Waals surface area contributed by atoms with Crippen molar-refractivity contribution in [2.45, 2.75) is 30.7 Å². The highest BCUT2D eigenvalue weighted by molar-refractivity contribution is 7.89. The molecule has 0 radical (unpaired) electrons. The molecule has 0 aromatic heterocycles. The number of hydrogen-bond donors (Lipinski definition) is 1. The van der Waals surface area contributed by atoms with Gasteiger partial charge in [0.2, 0.25) is 15.9 Å². The number of hydrogen-bond acceptors (Lipinski definition) is 4. The second kappa shape index (κ2) is 10.1. The Morgan fingerprint density at radius 2 is 1.67 bits per heavy atom. The average Bonchev–Trinajstić information content (AvgIpc) is 3.32. The van der Waals surface area contributed by atoms with Gasteiger partial charge in [0.05, 0.1) is 24.1 Å². The number of fused-ring (bicyclic) bond motifs is 2. The van der Waals surface area contributed by atoms with Crippen molar-refractivity contribution in [2.24, 2.45) is 0 Å². The Balaban J connectivity index is 1.50. The molecule has 0 spiro atoms. The summed E-state index contributed by atoms with van der Waals surface area (Å²) in [5.41, 5.74) is 2.65. The van der Waals surface area contributed by atoms with E-state index in [2.05, 4.69) is 5.32 Å². The number of benzene rings is 4.